The predicted molar refractivity (Wildman–Crippen MR) is 103 cm³/mol. The Morgan fingerprint density at radius 2 is 1.69 bits per heavy atom. The summed E-state index contributed by atoms with van der Waals surface area (Å²) in [6, 6.07) is 20.2. The summed E-state index contributed by atoms with van der Waals surface area (Å²) in [6.07, 6.45) is 2.24. The molecule has 0 bridgehead atoms. The largest absolute Gasteiger partial charge is 0.337 e. The first-order valence-corrected chi connectivity index (χ1v) is 9.34. The first kappa shape index (κ1) is 18.0. The molecule has 0 aliphatic carbocycles. The summed E-state index contributed by atoms with van der Waals surface area (Å²) in [5.74, 6) is 6.04. The van der Waals surface area contributed by atoms with Crippen LogP contribution < -0.4 is 5.84 Å². The van der Waals surface area contributed by atoms with Crippen molar-refractivity contribution in [2.75, 3.05) is 18.1 Å². The van der Waals surface area contributed by atoms with Crippen molar-refractivity contribution >= 4 is 17.7 Å². The zero-order valence-electron chi connectivity index (χ0n) is 14.4. The van der Waals surface area contributed by atoms with Gasteiger partial charge in [-0.1, -0.05) is 72.4 Å². The summed E-state index contributed by atoms with van der Waals surface area (Å²) in [4.78, 5) is 14.7. The van der Waals surface area contributed by atoms with Crippen molar-refractivity contribution in [2.45, 2.75) is 18.1 Å². The first-order chi connectivity index (χ1) is 12.7. The number of rotatable bonds is 8. The minimum absolute atomic E-state index is 0.0535. The molecule has 2 N–H and O–H groups in total. The highest BCUT2D eigenvalue weighted by Crippen LogP contribution is 2.15. The van der Waals surface area contributed by atoms with Gasteiger partial charge in [-0.2, -0.15) is 0 Å². The number of amides is 1. The number of nitrogens with two attached hydrogens (primary N) is 1. The molecule has 0 radical (unpaired) electrons. The van der Waals surface area contributed by atoms with Crippen LogP contribution in [0.5, 0.6) is 0 Å². The van der Waals surface area contributed by atoms with Crippen LogP contribution in [0.2, 0.25) is 0 Å². The van der Waals surface area contributed by atoms with Crippen molar-refractivity contribution < 1.29 is 4.79 Å². The van der Waals surface area contributed by atoms with E-state index < -0.39 is 0 Å². The number of thioether (sulfide) groups is 1. The topological polar surface area (TPSA) is 77.0 Å². The van der Waals surface area contributed by atoms with Crippen molar-refractivity contribution in [1.29, 1.82) is 0 Å². The van der Waals surface area contributed by atoms with E-state index in [1.165, 1.54) is 28.3 Å². The van der Waals surface area contributed by atoms with E-state index in [0.29, 0.717) is 18.2 Å². The average Bonchev–Trinajstić information content (AvgIpc) is 3.09. The van der Waals surface area contributed by atoms with Gasteiger partial charge in [-0.05, 0) is 17.5 Å². The molecular formula is C19H21N5OS. The predicted octanol–water partition coefficient (Wildman–Crippen LogP) is 2.36. The second kappa shape index (κ2) is 9.05. The molecule has 3 aromatic rings. The van der Waals surface area contributed by atoms with Gasteiger partial charge in [-0.25, -0.2) is 4.68 Å². The fourth-order valence-corrected chi connectivity index (χ4v) is 3.29. The molecule has 0 fully saturated rings. The summed E-state index contributed by atoms with van der Waals surface area (Å²) in [5, 5.41) is 8.16. The maximum absolute atomic E-state index is 12.8. The van der Waals surface area contributed by atoms with Gasteiger partial charge in [0.25, 0.3) is 0 Å². The molecule has 7 heteroatoms. The zero-order chi connectivity index (χ0) is 18.2. The SMILES string of the molecule is Nn1cnnc1SCC(=O)N(CCc1ccccc1)Cc1ccccc1. The third kappa shape index (κ3) is 5.10. The number of hydrogen-bond acceptors (Lipinski definition) is 5. The Balaban J connectivity index is 1.64. The molecule has 0 atom stereocenters. The third-order valence-electron chi connectivity index (χ3n) is 3.95. The van der Waals surface area contributed by atoms with Gasteiger partial charge in [-0.3, -0.25) is 4.79 Å². The lowest BCUT2D eigenvalue weighted by Gasteiger charge is -2.23. The lowest BCUT2D eigenvalue weighted by Crippen LogP contribution is -2.34. The van der Waals surface area contributed by atoms with Crippen molar-refractivity contribution in [3.8, 4) is 0 Å². The van der Waals surface area contributed by atoms with E-state index >= 15 is 0 Å². The van der Waals surface area contributed by atoms with E-state index in [1.54, 1.807) is 0 Å². The molecule has 0 aliphatic heterocycles. The molecule has 1 heterocycles. The van der Waals surface area contributed by atoms with Crippen LogP contribution in [-0.2, 0) is 17.8 Å². The molecule has 0 saturated heterocycles. The molecule has 0 spiro atoms. The lowest BCUT2D eigenvalue weighted by molar-refractivity contribution is -0.128. The molecule has 1 amide bonds. The second-order valence-electron chi connectivity index (χ2n) is 5.85. The zero-order valence-corrected chi connectivity index (χ0v) is 15.2. The number of carbonyl (C=O) groups is 1. The standard InChI is InChI=1S/C19H21N5OS/c20-24-15-21-22-19(24)26-14-18(25)23(13-17-9-5-2-6-10-17)12-11-16-7-3-1-4-8-16/h1-10,15H,11-14,20H2. The van der Waals surface area contributed by atoms with E-state index in [0.717, 1.165) is 12.0 Å². The van der Waals surface area contributed by atoms with E-state index in [9.17, 15) is 4.79 Å². The van der Waals surface area contributed by atoms with E-state index in [-0.39, 0.29) is 11.7 Å². The Kier molecular flexibility index (Phi) is 6.27. The molecule has 0 saturated carbocycles. The smallest absolute Gasteiger partial charge is 0.233 e. The van der Waals surface area contributed by atoms with Crippen molar-refractivity contribution in [2.24, 2.45) is 0 Å². The average molecular weight is 367 g/mol. The monoisotopic (exact) mass is 367 g/mol. The summed E-state index contributed by atoms with van der Waals surface area (Å²) in [7, 11) is 0. The fraction of sp³-hybridized carbons (Fsp3) is 0.211. The normalized spacial score (nSPS) is 10.6. The van der Waals surface area contributed by atoms with Gasteiger partial charge in [0, 0.05) is 13.1 Å². The molecule has 1 aromatic heterocycles. The number of hydrogen-bond donors (Lipinski definition) is 1. The summed E-state index contributed by atoms with van der Waals surface area (Å²) in [6.45, 7) is 1.25. The minimum Gasteiger partial charge on any atom is -0.337 e. The number of nitrogen functional groups attached to an aromatic ring is 1. The Morgan fingerprint density at radius 3 is 2.31 bits per heavy atom. The molecular weight excluding hydrogens is 346 g/mol. The Bertz CT molecular complexity index is 822. The van der Waals surface area contributed by atoms with Gasteiger partial charge >= 0.3 is 0 Å². The summed E-state index contributed by atoms with van der Waals surface area (Å²) >= 11 is 1.30. The van der Waals surface area contributed by atoms with Crippen LogP contribution in [0.3, 0.4) is 0 Å². The van der Waals surface area contributed by atoms with Crippen molar-refractivity contribution in [3.05, 3.63) is 78.1 Å². The van der Waals surface area contributed by atoms with Gasteiger partial charge < -0.3 is 10.7 Å². The van der Waals surface area contributed by atoms with Crippen molar-refractivity contribution in [3.63, 3.8) is 0 Å². The van der Waals surface area contributed by atoms with E-state index in [2.05, 4.69) is 22.3 Å². The highest BCUT2D eigenvalue weighted by atomic mass is 32.2. The van der Waals surface area contributed by atoms with Gasteiger partial charge in [0.1, 0.15) is 6.33 Å². The highest BCUT2D eigenvalue weighted by molar-refractivity contribution is 7.99. The molecule has 26 heavy (non-hydrogen) atoms. The van der Waals surface area contributed by atoms with Crippen LogP contribution >= 0.6 is 11.8 Å². The summed E-state index contributed by atoms with van der Waals surface area (Å²) < 4.78 is 1.32. The second-order valence-corrected chi connectivity index (χ2v) is 6.79. The van der Waals surface area contributed by atoms with Crippen LogP contribution in [0.1, 0.15) is 11.1 Å². The van der Waals surface area contributed by atoms with Crippen LogP contribution in [-0.4, -0.2) is 38.0 Å². The Hall–Kier alpha value is -2.80. The Labute approximate surface area is 157 Å². The van der Waals surface area contributed by atoms with Gasteiger partial charge in [0.2, 0.25) is 11.1 Å². The fourth-order valence-electron chi connectivity index (χ4n) is 2.56. The van der Waals surface area contributed by atoms with Gasteiger partial charge in [0.15, 0.2) is 0 Å². The molecule has 0 aliphatic rings. The Morgan fingerprint density at radius 1 is 1.04 bits per heavy atom. The van der Waals surface area contributed by atoms with Crippen LogP contribution in [0, 0.1) is 0 Å². The molecule has 0 unspecified atom stereocenters. The lowest BCUT2D eigenvalue weighted by atomic mass is 10.1. The van der Waals surface area contributed by atoms with E-state index in [4.69, 9.17) is 5.84 Å². The maximum atomic E-state index is 12.8. The number of carbonyl (C=O) groups excluding carboxylic acids is 1. The van der Waals surface area contributed by atoms with Gasteiger partial charge in [0.05, 0.1) is 5.75 Å². The number of nitrogens with zero attached hydrogens (tertiary/aromatic N) is 4. The third-order valence-corrected chi connectivity index (χ3v) is 4.89. The highest BCUT2D eigenvalue weighted by Gasteiger charge is 2.16. The van der Waals surface area contributed by atoms with Gasteiger partial charge in [-0.15, -0.1) is 10.2 Å². The molecule has 3 rings (SSSR count). The van der Waals surface area contributed by atoms with E-state index in [1.807, 2.05) is 53.4 Å². The molecule has 2 aromatic carbocycles. The van der Waals surface area contributed by atoms with Crippen LogP contribution in [0.25, 0.3) is 0 Å². The van der Waals surface area contributed by atoms with Crippen LogP contribution in [0.15, 0.2) is 72.1 Å². The first-order valence-electron chi connectivity index (χ1n) is 8.36. The number of benzene rings is 2. The van der Waals surface area contributed by atoms with Crippen molar-refractivity contribution in [1.82, 2.24) is 19.8 Å². The number of aromatic nitrogens is 3. The molecule has 6 nitrogen and oxygen atoms in total. The maximum Gasteiger partial charge on any atom is 0.233 e. The quantitative estimate of drug-likeness (QED) is 0.488. The van der Waals surface area contributed by atoms with Crippen LogP contribution in [0.4, 0.5) is 0 Å². The minimum atomic E-state index is 0.0535. The molecule has 134 valence electrons. The summed E-state index contributed by atoms with van der Waals surface area (Å²) in [5.41, 5.74) is 2.33.